The van der Waals surface area contributed by atoms with Gasteiger partial charge in [0, 0.05) is 43.5 Å². The molecule has 5 aliphatic rings. The zero-order chi connectivity index (χ0) is 25.0. The molecule has 0 aromatic carbocycles. The number of nitrogens with one attached hydrogen (secondary N) is 1. The predicted molar refractivity (Wildman–Crippen MR) is 137 cm³/mol. The van der Waals surface area contributed by atoms with Crippen molar-refractivity contribution in [2.45, 2.75) is 63.6 Å². The lowest BCUT2D eigenvalue weighted by atomic mass is 9.52. The van der Waals surface area contributed by atoms with Crippen molar-refractivity contribution in [1.29, 1.82) is 0 Å². The molecule has 2 N–H and O–H groups in total. The molecular formula is C28H35N5O3. The van der Waals surface area contributed by atoms with E-state index < -0.39 is 5.60 Å². The number of carbonyl (C=O) groups is 2. The summed E-state index contributed by atoms with van der Waals surface area (Å²) in [5.41, 5.74) is 0.574. The SMILES string of the molecule is CC(=O)c1ccc(N2CCN(c3cccc(C(=O)N[C@H]4C5CC6CC4C[C@](O)(C6)C5)n3)[C@H](C)C2)nc1. The minimum absolute atomic E-state index is 0.0165. The van der Waals surface area contributed by atoms with E-state index in [1.807, 2.05) is 24.3 Å². The van der Waals surface area contributed by atoms with Gasteiger partial charge in [-0.3, -0.25) is 9.59 Å². The van der Waals surface area contributed by atoms with E-state index in [0.717, 1.165) is 63.4 Å². The van der Waals surface area contributed by atoms with Crippen LogP contribution in [0, 0.1) is 17.8 Å². The number of carbonyl (C=O) groups excluding carboxylic acids is 2. The number of nitrogens with zero attached hydrogens (tertiary/aromatic N) is 4. The van der Waals surface area contributed by atoms with E-state index in [1.54, 1.807) is 19.2 Å². The van der Waals surface area contributed by atoms with E-state index in [0.29, 0.717) is 29.0 Å². The van der Waals surface area contributed by atoms with E-state index in [4.69, 9.17) is 4.98 Å². The third-order valence-electron chi connectivity index (χ3n) is 8.91. The minimum Gasteiger partial charge on any atom is -0.390 e. The van der Waals surface area contributed by atoms with Crippen molar-refractivity contribution >= 4 is 23.3 Å². The Morgan fingerprint density at radius 2 is 1.83 bits per heavy atom. The van der Waals surface area contributed by atoms with Crippen LogP contribution in [0.4, 0.5) is 11.6 Å². The second kappa shape index (κ2) is 8.83. The number of aliphatic hydroxyl groups is 1. The molecule has 1 amide bonds. The zero-order valence-electron chi connectivity index (χ0n) is 21.1. The molecule has 4 saturated carbocycles. The summed E-state index contributed by atoms with van der Waals surface area (Å²) in [5.74, 6) is 2.95. The van der Waals surface area contributed by atoms with E-state index in [-0.39, 0.29) is 23.8 Å². The fourth-order valence-corrected chi connectivity index (χ4v) is 7.44. The normalized spacial score (nSPS) is 33.0. The van der Waals surface area contributed by atoms with Crippen LogP contribution in [0.25, 0.3) is 0 Å². The summed E-state index contributed by atoms with van der Waals surface area (Å²) in [5, 5.41) is 14.2. The number of hydrogen-bond acceptors (Lipinski definition) is 7. The van der Waals surface area contributed by atoms with Gasteiger partial charge in [0.05, 0.1) is 5.60 Å². The molecule has 36 heavy (non-hydrogen) atoms. The first-order chi connectivity index (χ1) is 17.3. The molecule has 8 heteroatoms. The molecule has 0 radical (unpaired) electrons. The minimum atomic E-state index is -0.501. The molecule has 0 spiro atoms. The van der Waals surface area contributed by atoms with Crippen LogP contribution in [0.5, 0.6) is 0 Å². The fourth-order valence-electron chi connectivity index (χ4n) is 7.44. The smallest absolute Gasteiger partial charge is 0.270 e. The number of piperazine rings is 1. The summed E-state index contributed by atoms with van der Waals surface area (Å²) < 4.78 is 0. The highest BCUT2D eigenvalue weighted by Gasteiger charge is 2.55. The lowest BCUT2D eigenvalue weighted by Gasteiger charge is -2.58. The van der Waals surface area contributed by atoms with E-state index in [2.05, 4.69) is 27.0 Å². The van der Waals surface area contributed by atoms with Crippen molar-refractivity contribution in [3.8, 4) is 0 Å². The molecule has 3 atom stereocenters. The average Bonchev–Trinajstić information content (AvgIpc) is 2.85. The van der Waals surface area contributed by atoms with Crippen LogP contribution in [-0.4, -0.2) is 64.1 Å². The van der Waals surface area contributed by atoms with Crippen LogP contribution in [0.15, 0.2) is 36.5 Å². The Balaban J connectivity index is 1.11. The maximum atomic E-state index is 13.3. The van der Waals surface area contributed by atoms with Crippen LogP contribution in [0.1, 0.15) is 66.8 Å². The molecule has 5 fully saturated rings. The molecule has 1 aliphatic heterocycles. The third kappa shape index (κ3) is 4.25. The molecule has 1 saturated heterocycles. The highest BCUT2D eigenvalue weighted by atomic mass is 16.3. The van der Waals surface area contributed by atoms with Gasteiger partial charge >= 0.3 is 0 Å². The molecule has 4 bridgehead atoms. The number of rotatable bonds is 5. The van der Waals surface area contributed by atoms with Gasteiger partial charge in [-0.05, 0) is 88.0 Å². The van der Waals surface area contributed by atoms with Crippen molar-refractivity contribution in [2.24, 2.45) is 17.8 Å². The molecular weight excluding hydrogens is 454 g/mol. The number of aromatic nitrogens is 2. The number of ketones is 1. The second-order valence-electron chi connectivity index (χ2n) is 11.5. The molecule has 8 nitrogen and oxygen atoms in total. The lowest BCUT2D eigenvalue weighted by Crippen LogP contribution is -2.61. The summed E-state index contributed by atoms with van der Waals surface area (Å²) in [4.78, 5) is 38.5. The Labute approximate surface area is 212 Å². The van der Waals surface area contributed by atoms with Gasteiger partial charge in [0.25, 0.3) is 5.91 Å². The van der Waals surface area contributed by atoms with Gasteiger partial charge in [-0.15, -0.1) is 0 Å². The van der Waals surface area contributed by atoms with Gasteiger partial charge < -0.3 is 20.2 Å². The van der Waals surface area contributed by atoms with E-state index in [9.17, 15) is 14.7 Å². The summed E-state index contributed by atoms with van der Waals surface area (Å²) >= 11 is 0. The summed E-state index contributed by atoms with van der Waals surface area (Å²) in [6.45, 7) is 6.03. The maximum Gasteiger partial charge on any atom is 0.270 e. The maximum absolute atomic E-state index is 13.3. The van der Waals surface area contributed by atoms with Crippen molar-refractivity contribution in [3.63, 3.8) is 0 Å². The van der Waals surface area contributed by atoms with Crippen molar-refractivity contribution in [2.75, 3.05) is 29.4 Å². The number of amides is 1. The van der Waals surface area contributed by atoms with E-state index >= 15 is 0 Å². The summed E-state index contributed by atoms with van der Waals surface area (Å²) in [6.07, 6.45) is 6.44. The van der Waals surface area contributed by atoms with Gasteiger partial charge in [-0.2, -0.15) is 0 Å². The Morgan fingerprint density at radius 3 is 2.47 bits per heavy atom. The van der Waals surface area contributed by atoms with Crippen LogP contribution in [-0.2, 0) is 0 Å². The van der Waals surface area contributed by atoms with Crippen LogP contribution >= 0.6 is 0 Å². The number of pyridine rings is 2. The molecule has 4 aliphatic carbocycles. The summed E-state index contributed by atoms with van der Waals surface area (Å²) in [7, 11) is 0. The molecule has 2 aromatic rings. The van der Waals surface area contributed by atoms with Gasteiger partial charge in [0.15, 0.2) is 5.78 Å². The highest BCUT2D eigenvalue weighted by Crippen LogP contribution is 2.55. The van der Waals surface area contributed by atoms with E-state index in [1.165, 1.54) is 0 Å². The molecule has 7 rings (SSSR count). The van der Waals surface area contributed by atoms with Crippen molar-refractivity contribution < 1.29 is 14.7 Å². The standard InChI is InChI=1S/C28H35N5O3/c1-17-16-32(24-7-6-20(15-29-24)18(2)34)8-9-33(17)25-5-3-4-23(30-25)27(35)31-26-21-10-19-11-22(26)14-28(36,12-19)13-21/h3-7,15,17,19,21-22,26,36H,8-14,16H2,1-2H3,(H,31,35)/t17-,19?,21?,22?,26-,28-/m1/s1. The number of Topliss-reactive ketones (excluding diaryl/α,β-unsaturated/α-hetero) is 1. The van der Waals surface area contributed by atoms with Gasteiger partial charge in [-0.25, -0.2) is 9.97 Å². The Bertz CT molecular complexity index is 1150. The van der Waals surface area contributed by atoms with Crippen LogP contribution < -0.4 is 15.1 Å². The predicted octanol–water partition coefficient (Wildman–Crippen LogP) is 3.06. The zero-order valence-corrected chi connectivity index (χ0v) is 21.1. The third-order valence-corrected chi connectivity index (χ3v) is 8.91. The Kier molecular flexibility index (Phi) is 5.74. The van der Waals surface area contributed by atoms with Crippen LogP contribution in [0.2, 0.25) is 0 Å². The molecule has 2 unspecified atom stereocenters. The average molecular weight is 490 g/mol. The Hall–Kier alpha value is -3.00. The monoisotopic (exact) mass is 489 g/mol. The number of anilines is 2. The van der Waals surface area contributed by atoms with Crippen LogP contribution in [0.3, 0.4) is 0 Å². The Morgan fingerprint density at radius 1 is 1.06 bits per heavy atom. The first kappa shape index (κ1) is 23.4. The quantitative estimate of drug-likeness (QED) is 0.623. The number of hydrogen-bond donors (Lipinski definition) is 2. The lowest BCUT2D eigenvalue weighted by molar-refractivity contribution is -0.136. The highest BCUT2D eigenvalue weighted by molar-refractivity contribution is 5.94. The molecule has 3 heterocycles. The largest absolute Gasteiger partial charge is 0.390 e. The first-order valence-corrected chi connectivity index (χ1v) is 13.3. The van der Waals surface area contributed by atoms with Gasteiger partial charge in [0.2, 0.25) is 0 Å². The van der Waals surface area contributed by atoms with Crippen molar-refractivity contribution in [3.05, 3.63) is 47.8 Å². The van der Waals surface area contributed by atoms with Gasteiger partial charge in [-0.1, -0.05) is 6.07 Å². The fraction of sp³-hybridized carbons (Fsp3) is 0.571. The van der Waals surface area contributed by atoms with Gasteiger partial charge in [0.1, 0.15) is 17.3 Å². The molecule has 2 aromatic heterocycles. The summed E-state index contributed by atoms with van der Waals surface area (Å²) in [6, 6.07) is 9.75. The molecule has 190 valence electrons. The van der Waals surface area contributed by atoms with Crippen molar-refractivity contribution in [1.82, 2.24) is 15.3 Å². The topological polar surface area (TPSA) is 98.7 Å². The first-order valence-electron chi connectivity index (χ1n) is 13.3. The second-order valence-corrected chi connectivity index (χ2v) is 11.5.